The van der Waals surface area contributed by atoms with Crippen LogP contribution in [-0.2, 0) is 16.0 Å². The van der Waals surface area contributed by atoms with Crippen molar-refractivity contribution < 1.29 is 31.2 Å². The maximum atomic E-state index is 13.6. The third-order valence-electron chi connectivity index (χ3n) is 6.51. The van der Waals surface area contributed by atoms with Crippen LogP contribution in [-0.4, -0.2) is 50.5 Å². The maximum Gasteiger partial charge on any atom is 0.416 e. The van der Waals surface area contributed by atoms with Gasteiger partial charge in [-0.2, -0.15) is 18.4 Å². The second kappa shape index (κ2) is 11.5. The number of hydrogen-bond acceptors (Lipinski definition) is 5. The van der Waals surface area contributed by atoms with Crippen molar-refractivity contribution >= 4 is 33.2 Å². The molecule has 3 aromatic rings. The summed E-state index contributed by atoms with van der Waals surface area (Å²) in [5.74, 6) is -0.360. The molecule has 0 fully saturated rings. The van der Waals surface area contributed by atoms with Crippen LogP contribution in [0.15, 0.2) is 78.5 Å². The molecule has 12 heteroatoms. The molecule has 4 rings (SSSR count). The topological polar surface area (TPSA) is 111 Å². The lowest BCUT2D eigenvalue weighted by Gasteiger charge is -2.37. The number of anilines is 1. The minimum Gasteiger partial charge on any atom is -0.337 e. The summed E-state index contributed by atoms with van der Waals surface area (Å²) in [7, 11) is -3.40. The Morgan fingerprint density at radius 2 is 1.68 bits per heavy atom. The van der Waals surface area contributed by atoms with Gasteiger partial charge in [0.25, 0.3) is 0 Å². The van der Waals surface area contributed by atoms with Crippen molar-refractivity contribution in [2.75, 3.05) is 30.0 Å². The molecule has 1 N–H and O–H groups in total. The number of alkyl halides is 3. The molecule has 0 aromatic heterocycles. The van der Waals surface area contributed by atoms with Crippen LogP contribution in [0.5, 0.6) is 0 Å². The highest BCUT2D eigenvalue weighted by Crippen LogP contribution is 2.38. The zero-order chi connectivity index (χ0) is 29.9. The fourth-order valence-electron chi connectivity index (χ4n) is 4.46. The first-order valence-electron chi connectivity index (χ1n) is 12.3. The molecule has 3 aromatic carbocycles. The molecule has 0 saturated heterocycles. The molecule has 1 aliphatic rings. The largest absolute Gasteiger partial charge is 0.416 e. The number of imide groups is 1. The summed E-state index contributed by atoms with van der Waals surface area (Å²) in [4.78, 5) is 28.6. The predicted molar refractivity (Wildman–Crippen MR) is 148 cm³/mol. The predicted octanol–water partition coefficient (Wildman–Crippen LogP) is 5.67. The molecule has 1 aliphatic heterocycles. The lowest BCUT2D eigenvalue weighted by atomic mass is 9.91. The van der Waals surface area contributed by atoms with Gasteiger partial charge in [-0.25, -0.2) is 22.9 Å². The number of hydrogen-bond donors (Lipinski definition) is 1. The summed E-state index contributed by atoms with van der Waals surface area (Å²) in [6.45, 7) is 1.10. The van der Waals surface area contributed by atoms with Crippen LogP contribution < -0.4 is 10.2 Å². The molecule has 0 unspecified atom stereocenters. The molecule has 1 heterocycles. The van der Waals surface area contributed by atoms with E-state index in [-0.39, 0.29) is 24.5 Å². The number of carbonyl (C=O) groups is 2. The molecule has 0 radical (unpaired) electrons. The molecular weight excluding hydrogens is 557 g/mol. The molecule has 41 heavy (non-hydrogen) atoms. The van der Waals surface area contributed by atoms with Crippen LogP contribution in [0.3, 0.4) is 0 Å². The SMILES string of the molecule is CC1=C(c2ccccc2-c2ccc(C#N)cc2)CN(C(=O)NCCS(C)(=O)=O)C(=O)N1c1cccc(C(F)(F)F)c1. The molecule has 212 valence electrons. The van der Waals surface area contributed by atoms with Crippen molar-refractivity contribution in [2.45, 2.75) is 13.1 Å². The van der Waals surface area contributed by atoms with Crippen LogP contribution in [0.4, 0.5) is 28.4 Å². The summed E-state index contributed by atoms with van der Waals surface area (Å²) in [5, 5.41) is 11.6. The smallest absolute Gasteiger partial charge is 0.337 e. The maximum absolute atomic E-state index is 13.6. The van der Waals surface area contributed by atoms with E-state index in [4.69, 9.17) is 5.26 Å². The number of allylic oxidation sites excluding steroid dienone is 1. The third-order valence-corrected chi connectivity index (χ3v) is 7.46. The first kappa shape index (κ1) is 29.4. The zero-order valence-electron chi connectivity index (χ0n) is 22.1. The van der Waals surface area contributed by atoms with Gasteiger partial charge in [-0.1, -0.05) is 42.5 Å². The number of nitrogens with one attached hydrogen (secondary N) is 1. The highest BCUT2D eigenvalue weighted by molar-refractivity contribution is 7.90. The molecule has 0 atom stereocenters. The highest BCUT2D eigenvalue weighted by Gasteiger charge is 2.38. The van der Waals surface area contributed by atoms with Crippen molar-refractivity contribution in [3.8, 4) is 17.2 Å². The monoisotopic (exact) mass is 582 g/mol. The summed E-state index contributed by atoms with van der Waals surface area (Å²) in [6.07, 6.45) is -3.66. The molecule has 4 amide bonds. The average Bonchev–Trinajstić information content (AvgIpc) is 2.92. The molecule has 0 bridgehead atoms. The lowest BCUT2D eigenvalue weighted by Crippen LogP contribution is -2.54. The number of sulfone groups is 1. The number of urea groups is 2. The molecule has 8 nitrogen and oxygen atoms in total. The minimum atomic E-state index is -4.67. The van der Waals surface area contributed by atoms with Crippen LogP contribution in [0, 0.1) is 11.3 Å². The first-order chi connectivity index (χ1) is 19.3. The van der Waals surface area contributed by atoms with Crippen molar-refractivity contribution in [2.24, 2.45) is 0 Å². The number of halogens is 3. The Bertz CT molecular complexity index is 1680. The number of nitrogens with zero attached hydrogens (tertiary/aromatic N) is 3. The van der Waals surface area contributed by atoms with E-state index in [0.29, 0.717) is 28.0 Å². The quantitative estimate of drug-likeness (QED) is 0.403. The van der Waals surface area contributed by atoms with E-state index in [2.05, 4.69) is 11.4 Å². The first-order valence-corrected chi connectivity index (χ1v) is 14.4. The fraction of sp³-hybridized carbons (Fsp3) is 0.207. The van der Waals surface area contributed by atoms with Gasteiger partial charge in [0.2, 0.25) is 0 Å². The second-order valence-corrected chi connectivity index (χ2v) is 11.7. The molecule has 0 saturated carbocycles. The normalized spacial score (nSPS) is 14.2. The Balaban J connectivity index is 1.85. The van der Waals surface area contributed by atoms with Gasteiger partial charge in [0.05, 0.1) is 35.2 Å². The molecule has 0 aliphatic carbocycles. The number of nitriles is 1. The van der Waals surface area contributed by atoms with Gasteiger partial charge in [-0.05, 0) is 59.5 Å². The van der Waals surface area contributed by atoms with Crippen molar-refractivity contribution in [3.63, 3.8) is 0 Å². The molecule has 0 spiro atoms. The summed E-state index contributed by atoms with van der Waals surface area (Å²) < 4.78 is 63.7. The summed E-state index contributed by atoms with van der Waals surface area (Å²) in [6, 6.07) is 18.4. The van der Waals surface area contributed by atoms with Crippen LogP contribution in [0.25, 0.3) is 16.7 Å². The van der Waals surface area contributed by atoms with E-state index in [0.717, 1.165) is 33.8 Å². The lowest BCUT2D eigenvalue weighted by molar-refractivity contribution is -0.137. The van der Waals surface area contributed by atoms with Crippen molar-refractivity contribution in [3.05, 3.63) is 95.2 Å². The Hall–Kier alpha value is -4.63. The van der Waals surface area contributed by atoms with E-state index >= 15 is 0 Å². The van der Waals surface area contributed by atoms with Crippen LogP contribution >= 0.6 is 0 Å². The van der Waals surface area contributed by atoms with Crippen LogP contribution in [0.2, 0.25) is 0 Å². The Labute approximate surface area is 235 Å². The Morgan fingerprint density at radius 3 is 2.29 bits per heavy atom. The number of carbonyl (C=O) groups excluding carboxylic acids is 2. The third kappa shape index (κ3) is 6.58. The van der Waals surface area contributed by atoms with E-state index in [1.165, 1.54) is 12.1 Å². The van der Waals surface area contributed by atoms with Gasteiger partial charge in [0.15, 0.2) is 0 Å². The van der Waals surface area contributed by atoms with Crippen molar-refractivity contribution in [1.82, 2.24) is 10.2 Å². The number of amides is 4. The van der Waals surface area contributed by atoms with Gasteiger partial charge < -0.3 is 5.32 Å². The molecular formula is C29H25F3N4O4S. The van der Waals surface area contributed by atoms with Crippen molar-refractivity contribution in [1.29, 1.82) is 5.26 Å². The average molecular weight is 583 g/mol. The van der Waals surface area contributed by atoms with Crippen LogP contribution in [0.1, 0.15) is 23.6 Å². The second-order valence-electron chi connectivity index (χ2n) is 9.41. The Morgan fingerprint density at radius 1 is 1.02 bits per heavy atom. The van der Waals surface area contributed by atoms with Gasteiger partial charge in [0.1, 0.15) is 9.84 Å². The fourth-order valence-corrected chi connectivity index (χ4v) is 4.94. The standard InChI is InChI=1S/C29H25F3N4O4S/c1-19-26(25-9-4-3-8-24(25)21-12-10-20(17-33)11-13-21)18-35(27(37)34-14-15-41(2,39)40)28(38)36(19)23-7-5-6-22(16-23)29(30,31)32/h3-13,16H,14-15,18H2,1-2H3,(H,34,37). The number of benzene rings is 3. The summed E-state index contributed by atoms with van der Waals surface area (Å²) in [5.41, 5.74) is 2.27. The van der Waals surface area contributed by atoms with E-state index < -0.39 is 33.6 Å². The van der Waals surface area contributed by atoms with E-state index in [1.54, 1.807) is 49.4 Å². The van der Waals surface area contributed by atoms with Gasteiger partial charge >= 0.3 is 18.2 Å². The highest BCUT2D eigenvalue weighted by atomic mass is 32.2. The van der Waals surface area contributed by atoms with E-state index in [9.17, 15) is 31.2 Å². The zero-order valence-corrected chi connectivity index (χ0v) is 22.9. The van der Waals surface area contributed by atoms with E-state index in [1.807, 2.05) is 6.07 Å². The number of rotatable bonds is 6. The summed E-state index contributed by atoms with van der Waals surface area (Å²) >= 11 is 0. The van der Waals surface area contributed by atoms with Gasteiger partial charge in [-0.15, -0.1) is 0 Å². The van der Waals surface area contributed by atoms with Gasteiger partial charge in [-0.3, -0.25) is 4.90 Å². The minimum absolute atomic E-state index is 0.0932. The Kier molecular flexibility index (Phi) is 8.21. The van der Waals surface area contributed by atoms with Gasteiger partial charge in [0, 0.05) is 18.5 Å².